The quantitative estimate of drug-likeness (QED) is 0.189. The molecule has 2 aromatic carbocycles. The van der Waals surface area contributed by atoms with Crippen LogP contribution in [0.25, 0.3) is 16.8 Å². The number of nitrogens with zero attached hydrogens (tertiary/aromatic N) is 4. The molecule has 6 rings (SSSR count). The van der Waals surface area contributed by atoms with E-state index in [1.54, 1.807) is 11.1 Å². The highest BCUT2D eigenvalue weighted by Crippen LogP contribution is 2.35. The number of rotatable bonds is 12. The Kier molecular flexibility index (Phi) is 12.2. The fraction of sp³-hybridized carbons (Fsp3) is 0.463. The van der Waals surface area contributed by atoms with Gasteiger partial charge in [0.15, 0.2) is 0 Å². The van der Waals surface area contributed by atoms with Crippen LogP contribution in [0.3, 0.4) is 0 Å². The normalized spacial score (nSPS) is 19.2. The number of ether oxygens (including phenoxy) is 3. The molecule has 4 amide bonds. The fourth-order valence-corrected chi connectivity index (χ4v) is 7.50. The molecule has 1 aromatic heterocycles. The molecule has 4 atom stereocenters. The van der Waals surface area contributed by atoms with E-state index in [0.717, 1.165) is 53.8 Å². The number of aromatic nitrogens is 2. The lowest BCUT2D eigenvalue weighted by Crippen LogP contribution is -2.53. The van der Waals surface area contributed by atoms with Gasteiger partial charge in [-0.15, -0.1) is 0 Å². The number of alkyl carbamates (subject to hydrolysis) is 2. The average Bonchev–Trinajstić information content (AvgIpc) is 4.02. The van der Waals surface area contributed by atoms with Gasteiger partial charge in [0, 0.05) is 31.4 Å². The highest BCUT2D eigenvalue weighted by Gasteiger charge is 2.39. The number of aromatic amines is 1. The van der Waals surface area contributed by atoms with E-state index in [-0.39, 0.29) is 35.7 Å². The van der Waals surface area contributed by atoms with Crippen molar-refractivity contribution in [2.45, 2.75) is 84.0 Å². The van der Waals surface area contributed by atoms with Crippen molar-refractivity contribution in [3.63, 3.8) is 0 Å². The molecule has 14 heteroatoms. The number of hydrogen-bond donors (Lipinski definition) is 3. The number of nitrogens with one attached hydrogen (secondary N) is 3. The number of benzene rings is 2. The van der Waals surface area contributed by atoms with Gasteiger partial charge in [-0.05, 0) is 90.6 Å². The number of H-pyrrole nitrogens is 1. The van der Waals surface area contributed by atoms with Gasteiger partial charge >= 0.3 is 12.2 Å². The topological polar surface area (TPSA) is 168 Å². The molecular formula is C41H51N7O7. The monoisotopic (exact) mass is 753 g/mol. The second-order valence-corrected chi connectivity index (χ2v) is 14.9. The Hall–Kier alpha value is -5.66. The van der Waals surface area contributed by atoms with E-state index in [1.165, 1.54) is 14.2 Å². The van der Waals surface area contributed by atoms with E-state index in [0.29, 0.717) is 36.8 Å². The van der Waals surface area contributed by atoms with Crippen molar-refractivity contribution in [1.29, 1.82) is 0 Å². The lowest BCUT2D eigenvalue weighted by Gasteiger charge is -2.31. The molecule has 55 heavy (non-hydrogen) atoms. The van der Waals surface area contributed by atoms with Gasteiger partial charge in [-0.3, -0.25) is 14.6 Å². The van der Waals surface area contributed by atoms with Crippen LogP contribution in [-0.4, -0.2) is 94.9 Å². The van der Waals surface area contributed by atoms with Gasteiger partial charge in [0.2, 0.25) is 11.8 Å². The zero-order valence-electron chi connectivity index (χ0n) is 32.3. The summed E-state index contributed by atoms with van der Waals surface area (Å²) in [7, 11) is 2.58. The lowest BCUT2D eigenvalue weighted by molar-refractivity contribution is -0.135. The van der Waals surface area contributed by atoms with Crippen LogP contribution in [0.2, 0.25) is 0 Å². The van der Waals surface area contributed by atoms with Crippen molar-refractivity contribution < 1.29 is 33.4 Å². The summed E-state index contributed by atoms with van der Waals surface area (Å²) in [6.45, 7) is 8.82. The van der Waals surface area contributed by atoms with Gasteiger partial charge in [-0.2, -0.15) is 0 Å². The second-order valence-electron chi connectivity index (χ2n) is 14.9. The average molecular weight is 754 g/mol. The molecule has 0 aliphatic carbocycles. The van der Waals surface area contributed by atoms with Gasteiger partial charge in [0.25, 0.3) is 0 Å². The summed E-state index contributed by atoms with van der Waals surface area (Å²) < 4.78 is 15.7. The number of amides is 4. The number of aliphatic imine (C=N–C) groups is 1. The third kappa shape index (κ3) is 8.84. The number of likely N-dealkylation sites (tertiary alicyclic amines) is 2. The van der Waals surface area contributed by atoms with E-state index < -0.39 is 24.3 Å². The molecule has 0 spiro atoms. The predicted molar refractivity (Wildman–Crippen MR) is 207 cm³/mol. The Balaban J connectivity index is 1.04. The van der Waals surface area contributed by atoms with Crippen LogP contribution in [0, 0.1) is 11.8 Å². The highest BCUT2D eigenvalue weighted by atomic mass is 16.5. The van der Waals surface area contributed by atoms with Crippen LogP contribution in [0.15, 0.2) is 65.9 Å². The standard InChI is InChI=1S/C41H51N7O7/c1-24(2)35(45-40(51)53-5)38(49)47-19-7-9-33(47)31-21-28(22-42-31)26-11-15-29(16-12-26)55-30-17-13-27(14-18-30)32-23-43-37(44-32)34-10-8-20-48(34)39(50)36(25(3)4)46-41(52)54-6/h11-18,22-25,33-36H,7-10,19-21H2,1-6H3,(H,43,44)(H,45,51)(H,46,52)/t33-,34-,35-,36-/m0/s1. The molecular weight excluding hydrogens is 702 g/mol. The molecule has 292 valence electrons. The Morgan fingerprint density at radius 3 is 1.78 bits per heavy atom. The van der Waals surface area contributed by atoms with Crippen LogP contribution in [0.4, 0.5) is 9.59 Å². The van der Waals surface area contributed by atoms with Crippen LogP contribution in [-0.2, 0) is 19.1 Å². The van der Waals surface area contributed by atoms with Crippen molar-refractivity contribution in [2.75, 3.05) is 27.3 Å². The van der Waals surface area contributed by atoms with Crippen molar-refractivity contribution >= 4 is 35.3 Å². The first-order chi connectivity index (χ1) is 26.5. The van der Waals surface area contributed by atoms with E-state index in [9.17, 15) is 19.2 Å². The van der Waals surface area contributed by atoms with Crippen LogP contribution < -0.4 is 15.4 Å². The third-order valence-electron chi connectivity index (χ3n) is 10.5. The number of hydrogen-bond acceptors (Lipinski definition) is 9. The maximum absolute atomic E-state index is 13.5. The Labute approximate surface area is 321 Å². The first-order valence-electron chi connectivity index (χ1n) is 19.0. The largest absolute Gasteiger partial charge is 0.457 e. The summed E-state index contributed by atoms with van der Waals surface area (Å²) in [6, 6.07) is 13.9. The zero-order chi connectivity index (χ0) is 39.2. The van der Waals surface area contributed by atoms with Crippen molar-refractivity contribution in [2.24, 2.45) is 16.8 Å². The Morgan fingerprint density at radius 2 is 1.25 bits per heavy atom. The molecule has 2 saturated heterocycles. The second kappa shape index (κ2) is 17.2. The third-order valence-corrected chi connectivity index (χ3v) is 10.5. The van der Waals surface area contributed by atoms with E-state index in [2.05, 4.69) is 20.6 Å². The maximum Gasteiger partial charge on any atom is 0.407 e. The lowest BCUT2D eigenvalue weighted by atomic mass is 9.97. The van der Waals surface area contributed by atoms with Gasteiger partial charge in [0.05, 0.1) is 38.2 Å². The summed E-state index contributed by atoms with van der Waals surface area (Å²) in [6.07, 6.45) is 6.38. The number of carbonyl (C=O) groups is 4. The first kappa shape index (κ1) is 39.0. The molecule has 3 aliphatic heterocycles. The zero-order valence-corrected chi connectivity index (χ0v) is 32.3. The van der Waals surface area contributed by atoms with Gasteiger partial charge in [-0.25, -0.2) is 14.6 Å². The smallest absolute Gasteiger partial charge is 0.407 e. The van der Waals surface area contributed by atoms with Gasteiger partial charge in [0.1, 0.15) is 29.4 Å². The van der Waals surface area contributed by atoms with Crippen LogP contribution in [0.1, 0.15) is 77.2 Å². The number of imidazole rings is 1. The minimum absolute atomic E-state index is 0.0909. The van der Waals surface area contributed by atoms with Crippen molar-refractivity contribution in [3.8, 4) is 22.8 Å². The minimum atomic E-state index is -0.692. The van der Waals surface area contributed by atoms with E-state index in [1.807, 2.05) is 87.3 Å². The SMILES string of the molecule is COC(=O)N[C@H](C(=O)N1CCC[C@H]1C1=NC=C(c2ccc(Oc3ccc(-c4cnc([C@@H]5CCCN5C(=O)[C@@H](NC(=O)OC)C(C)C)[nH]4)cc3)cc2)C1)C(C)C. The molecule has 3 aliphatic rings. The molecule has 3 aromatic rings. The molecule has 3 N–H and O–H groups in total. The summed E-state index contributed by atoms with van der Waals surface area (Å²) in [5.74, 6) is 1.62. The summed E-state index contributed by atoms with van der Waals surface area (Å²) in [4.78, 5) is 67.3. The number of carbonyl (C=O) groups excluding carboxylic acids is 4. The molecule has 4 heterocycles. The molecule has 2 fully saturated rings. The molecule has 0 bridgehead atoms. The highest BCUT2D eigenvalue weighted by molar-refractivity contribution is 6.03. The van der Waals surface area contributed by atoms with Crippen LogP contribution >= 0.6 is 0 Å². The Morgan fingerprint density at radius 1 is 0.745 bits per heavy atom. The fourth-order valence-electron chi connectivity index (χ4n) is 7.50. The summed E-state index contributed by atoms with van der Waals surface area (Å²) in [5, 5.41) is 5.39. The molecule has 0 radical (unpaired) electrons. The van der Waals surface area contributed by atoms with Gasteiger partial charge < -0.3 is 39.6 Å². The minimum Gasteiger partial charge on any atom is -0.457 e. The first-order valence-corrected chi connectivity index (χ1v) is 19.0. The predicted octanol–water partition coefficient (Wildman–Crippen LogP) is 6.47. The van der Waals surface area contributed by atoms with Crippen molar-refractivity contribution in [1.82, 2.24) is 30.4 Å². The van der Waals surface area contributed by atoms with Crippen molar-refractivity contribution in [3.05, 3.63) is 72.3 Å². The van der Waals surface area contributed by atoms with Crippen LogP contribution in [0.5, 0.6) is 11.5 Å². The molecule has 0 saturated carbocycles. The molecule has 0 unspecified atom stereocenters. The maximum atomic E-state index is 13.5. The molecule has 14 nitrogen and oxygen atoms in total. The van der Waals surface area contributed by atoms with E-state index >= 15 is 0 Å². The summed E-state index contributed by atoms with van der Waals surface area (Å²) in [5.41, 5.74) is 4.80. The number of allylic oxidation sites excluding steroid dienone is 1. The summed E-state index contributed by atoms with van der Waals surface area (Å²) >= 11 is 0. The van der Waals surface area contributed by atoms with Gasteiger partial charge in [-0.1, -0.05) is 39.8 Å². The Bertz CT molecular complexity index is 1920. The van der Waals surface area contributed by atoms with E-state index in [4.69, 9.17) is 19.2 Å². The number of methoxy groups -OCH3 is 2.